The van der Waals surface area contributed by atoms with E-state index in [1.54, 1.807) is 31.3 Å². The second-order valence-corrected chi connectivity index (χ2v) is 10.6. The van der Waals surface area contributed by atoms with Crippen molar-refractivity contribution in [3.05, 3.63) is 57.6 Å². The summed E-state index contributed by atoms with van der Waals surface area (Å²) < 4.78 is 4.97. The summed E-state index contributed by atoms with van der Waals surface area (Å²) in [5.74, 6) is 1.81. The number of rotatable bonds is 10. The molecule has 0 fully saturated rings. The van der Waals surface area contributed by atoms with Crippen molar-refractivity contribution in [2.75, 3.05) is 32.5 Å². The quantitative estimate of drug-likeness (QED) is 0.268. The van der Waals surface area contributed by atoms with E-state index in [2.05, 4.69) is 62.2 Å². The van der Waals surface area contributed by atoms with Gasteiger partial charge in [0.05, 0.1) is 12.1 Å². The molecule has 1 amide bonds. The normalized spacial score (nSPS) is 11.6. The number of hydrogen-bond donors (Lipinski definition) is 3. The van der Waals surface area contributed by atoms with Gasteiger partial charge < -0.3 is 30.8 Å². The Kier molecular flexibility index (Phi) is 25.2. The van der Waals surface area contributed by atoms with Crippen molar-refractivity contribution in [2.24, 2.45) is 16.6 Å². The van der Waals surface area contributed by atoms with Gasteiger partial charge in [0, 0.05) is 28.8 Å². The molecular weight excluding hydrogens is 577 g/mol. The first-order valence-corrected chi connectivity index (χ1v) is 14.6. The summed E-state index contributed by atoms with van der Waals surface area (Å²) in [5, 5.41) is 6.66. The van der Waals surface area contributed by atoms with Gasteiger partial charge in [-0.15, -0.1) is 0 Å². The molecule has 0 unspecified atom stereocenters. The fourth-order valence-corrected chi connectivity index (χ4v) is 3.64. The summed E-state index contributed by atoms with van der Waals surface area (Å²) >= 11 is 12.0. The van der Waals surface area contributed by atoms with Crippen molar-refractivity contribution in [1.29, 1.82) is 0 Å². The van der Waals surface area contributed by atoms with Gasteiger partial charge in [-0.1, -0.05) is 50.9 Å². The van der Waals surface area contributed by atoms with Gasteiger partial charge in [0.1, 0.15) is 18.4 Å². The highest BCUT2D eigenvalue weighted by atomic mass is 35.5. The number of fused-ring (bicyclic) bond motifs is 1. The highest BCUT2D eigenvalue weighted by Crippen LogP contribution is 2.29. The third-order valence-electron chi connectivity index (χ3n) is 5.56. The average Bonchev–Trinajstić information content (AvgIpc) is 2.98. The molecule has 11 heteroatoms. The molecule has 1 aliphatic heterocycles. The smallest absolute Gasteiger partial charge is 0.298 e. The molecular formula is C31H49Cl2N5O4. The van der Waals surface area contributed by atoms with Gasteiger partial charge in [0.25, 0.3) is 6.47 Å². The molecule has 42 heavy (non-hydrogen) atoms. The van der Waals surface area contributed by atoms with E-state index in [1.165, 1.54) is 25.9 Å². The number of carbonyl (C=O) groups is 3. The standard InChI is InChI=1S/C15H10Cl2N2O2.C7H17N.C6H15N.C2H5NO.CH2O/c16-10-1-3-13-9(5-10)7-18-15(19-13)12-6-11(17)2-4-14(12)21-8-20;1-6(2)4-5-7(3)8;1-4-6-7(3)5-2;1-3-2-4;1-2/h1-6,8H,7H2,(H,18,19);6-7H,4-5,8H2,1-3H3;4-6H2,1-3H3;2H,1H3,(H,3,4);1H2/t;7-;;;/m.1.../s1. The first-order chi connectivity index (χ1) is 20.0. The fraction of sp³-hybridized carbons (Fsp3) is 0.484. The van der Waals surface area contributed by atoms with Crippen LogP contribution in [-0.2, 0) is 20.9 Å². The Morgan fingerprint density at radius 3 is 2.14 bits per heavy atom. The Hall–Kier alpha value is -2.98. The van der Waals surface area contributed by atoms with Crippen LogP contribution in [0.5, 0.6) is 5.75 Å². The summed E-state index contributed by atoms with van der Waals surface area (Å²) in [7, 11) is 3.70. The lowest BCUT2D eigenvalue weighted by atomic mass is 10.1. The van der Waals surface area contributed by atoms with E-state index < -0.39 is 0 Å². The number of carbonyl (C=O) groups excluding carboxylic acids is 3. The lowest BCUT2D eigenvalue weighted by Gasteiger charge is -2.20. The van der Waals surface area contributed by atoms with Crippen LogP contribution in [0, 0.1) is 5.92 Å². The molecule has 0 saturated heterocycles. The van der Waals surface area contributed by atoms with Crippen molar-refractivity contribution < 1.29 is 19.1 Å². The van der Waals surface area contributed by atoms with Gasteiger partial charge in [-0.3, -0.25) is 14.6 Å². The molecule has 1 heterocycles. The molecule has 2 aromatic rings. The number of anilines is 1. The molecule has 4 N–H and O–H groups in total. The predicted molar refractivity (Wildman–Crippen MR) is 177 cm³/mol. The van der Waals surface area contributed by atoms with Crippen molar-refractivity contribution in [3.63, 3.8) is 0 Å². The molecule has 0 aliphatic carbocycles. The Bertz CT molecular complexity index is 1040. The Morgan fingerprint density at radius 2 is 1.69 bits per heavy atom. The van der Waals surface area contributed by atoms with Crippen LogP contribution in [0.4, 0.5) is 5.69 Å². The fourth-order valence-electron chi connectivity index (χ4n) is 3.28. The number of hydrogen-bond acceptors (Lipinski definition) is 8. The molecule has 0 aromatic heterocycles. The molecule has 3 rings (SSSR count). The molecule has 1 atom stereocenters. The molecule has 9 nitrogen and oxygen atoms in total. The SMILES string of the molecule is C=O.CC(C)CC[C@@H](C)N.CCCN(C)CC.CNC=O.O=COc1ccc(Cl)cc1C1=NCc2cc(Cl)ccc2N1. The molecule has 1 aliphatic rings. The molecule has 0 spiro atoms. The number of halogens is 2. The number of nitrogens with two attached hydrogens (primary N) is 1. The van der Waals surface area contributed by atoms with E-state index in [0.29, 0.717) is 52.7 Å². The van der Waals surface area contributed by atoms with Crippen LogP contribution in [0.3, 0.4) is 0 Å². The van der Waals surface area contributed by atoms with Gasteiger partial charge in [-0.25, -0.2) is 0 Å². The summed E-state index contributed by atoms with van der Waals surface area (Å²) in [6.45, 7) is 16.2. The van der Waals surface area contributed by atoms with Gasteiger partial charge in [0.2, 0.25) is 6.41 Å². The molecule has 2 aromatic carbocycles. The first-order valence-electron chi connectivity index (χ1n) is 13.9. The minimum Gasteiger partial charge on any atom is -0.428 e. The zero-order valence-corrected chi connectivity index (χ0v) is 27.6. The van der Waals surface area contributed by atoms with Crippen molar-refractivity contribution >= 4 is 54.4 Å². The van der Waals surface area contributed by atoms with Crippen molar-refractivity contribution in [1.82, 2.24) is 10.2 Å². The Balaban J connectivity index is 0. The van der Waals surface area contributed by atoms with Gasteiger partial charge in [-0.05, 0) is 94.2 Å². The molecule has 0 radical (unpaired) electrons. The van der Waals surface area contributed by atoms with Crippen LogP contribution in [0.2, 0.25) is 10.0 Å². The predicted octanol–water partition coefficient (Wildman–Crippen LogP) is 6.20. The molecule has 0 bridgehead atoms. The number of nitrogens with zero attached hydrogens (tertiary/aromatic N) is 2. The van der Waals surface area contributed by atoms with Crippen LogP contribution in [0.1, 0.15) is 65.0 Å². The van der Waals surface area contributed by atoms with Gasteiger partial charge in [0.15, 0.2) is 0 Å². The van der Waals surface area contributed by atoms with E-state index in [-0.39, 0.29) is 0 Å². The lowest BCUT2D eigenvalue weighted by Crippen LogP contribution is -2.20. The first kappa shape index (κ1) is 41.2. The summed E-state index contributed by atoms with van der Waals surface area (Å²) in [6, 6.07) is 10.9. The maximum atomic E-state index is 10.6. The van der Waals surface area contributed by atoms with Crippen LogP contribution in [0.25, 0.3) is 0 Å². The number of benzene rings is 2. The highest BCUT2D eigenvalue weighted by Gasteiger charge is 2.17. The second kappa shape index (κ2) is 25.7. The van der Waals surface area contributed by atoms with E-state index in [4.69, 9.17) is 43.3 Å². The minimum atomic E-state index is 0.379. The lowest BCUT2D eigenvalue weighted by molar-refractivity contribution is -0.120. The van der Waals surface area contributed by atoms with Crippen LogP contribution in [-0.4, -0.2) is 63.6 Å². The van der Waals surface area contributed by atoms with E-state index >= 15 is 0 Å². The van der Waals surface area contributed by atoms with E-state index in [1.807, 2.05) is 18.9 Å². The molecule has 0 saturated carbocycles. The average molecular weight is 627 g/mol. The monoisotopic (exact) mass is 625 g/mol. The summed E-state index contributed by atoms with van der Waals surface area (Å²) in [4.78, 5) is 34.4. The minimum absolute atomic E-state index is 0.379. The summed E-state index contributed by atoms with van der Waals surface area (Å²) in [5.41, 5.74) is 8.10. The zero-order chi connectivity index (χ0) is 32.5. The van der Waals surface area contributed by atoms with Gasteiger partial charge in [-0.2, -0.15) is 0 Å². The number of ether oxygens (including phenoxy) is 1. The number of aliphatic imine (C=N–C) groups is 1. The highest BCUT2D eigenvalue weighted by molar-refractivity contribution is 6.31. The summed E-state index contributed by atoms with van der Waals surface area (Å²) in [6.07, 6.45) is 4.32. The third-order valence-corrected chi connectivity index (χ3v) is 6.03. The second-order valence-electron chi connectivity index (χ2n) is 9.70. The van der Waals surface area contributed by atoms with Crippen LogP contribution in [0.15, 0.2) is 41.4 Å². The number of nitrogens with one attached hydrogen (secondary N) is 2. The van der Waals surface area contributed by atoms with E-state index in [0.717, 1.165) is 23.6 Å². The maximum Gasteiger partial charge on any atom is 0.298 e. The number of amidine groups is 1. The Morgan fingerprint density at radius 1 is 1.10 bits per heavy atom. The van der Waals surface area contributed by atoms with Crippen molar-refractivity contribution in [2.45, 2.75) is 66.5 Å². The topological polar surface area (TPSA) is 126 Å². The zero-order valence-electron chi connectivity index (χ0n) is 26.1. The van der Waals surface area contributed by atoms with Crippen LogP contribution >= 0.6 is 23.2 Å². The molecule has 236 valence electrons. The van der Waals surface area contributed by atoms with Crippen LogP contribution < -0.4 is 21.1 Å². The number of amides is 1. The maximum absolute atomic E-state index is 10.6. The largest absolute Gasteiger partial charge is 0.428 e. The Labute approximate surface area is 262 Å². The van der Waals surface area contributed by atoms with Gasteiger partial charge >= 0.3 is 0 Å². The third kappa shape index (κ3) is 19.2. The van der Waals surface area contributed by atoms with E-state index in [9.17, 15) is 4.79 Å². The van der Waals surface area contributed by atoms with Crippen molar-refractivity contribution in [3.8, 4) is 5.75 Å².